The molecule has 1 fully saturated rings. The number of rotatable bonds is 6. The number of piperidine rings is 1. The molecule has 1 atom stereocenters. The van der Waals surface area contributed by atoms with Gasteiger partial charge < -0.3 is 9.84 Å². The normalized spacial score (nSPS) is 17.8. The molecule has 2 aromatic heterocycles. The smallest absolute Gasteiger partial charge is 0.243 e. The highest BCUT2D eigenvalue weighted by Crippen LogP contribution is 2.26. The molecule has 24 heavy (non-hydrogen) atoms. The van der Waals surface area contributed by atoms with Crippen LogP contribution in [-0.2, 0) is 17.8 Å². The van der Waals surface area contributed by atoms with Crippen molar-refractivity contribution in [2.75, 3.05) is 13.1 Å². The minimum Gasteiger partial charge on any atom is -0.351 e. The first-order valence-corrected chi connectivity index (χ1v) is 9.42. The van der Waals surface area contributed by atoms with Crippen LogP contribution in [0.4, 0.5) is 0 Å². The van der Waals surface area contributed by atoms with E-state index in [4.69, 9.17) is 4.52 Å². The molecule has 3 heterocycles. The molecule has 3 rings (SSSR count). The second-order valence-electron chi connectivity index (χ2n) is 6.19. The van der Waals surface area contributed by atoms with Gasteiger partial charge in [-0.25, -0.2) is 0 Å². The topological polar surface area (TPSA) is 71.3 Å². The van der Waals surface area contributed by atoms with Crippen molar-refractivity contribution >= 4 is 17.2 Å². The summed E-state index contributed by atoms with van der Waals surface area (Å²) in [6.07, 6.45) is 2.52. The lowest BCUT2D eigenvalue weighted by atomic mass is 9.95. The second-order valence-corrected chi connectivity index (χ2v) is 7.22. The Balaban J connectivity index is 1.47. The van der Waals surface area contributed by atoms with Crippen LogP contribution in [0.3, 0.4) is 0 Å². The fourth-order valence-electron chi connectivity index (χ4n) is 3.02. The Morgan fingerprint density at radius 2 is 2.29 bits per heavy atom. The Morgan fingerprint density at radius 1 is 1.50 bits per heavy atom. The minimum absolute atomic E-state index is 0.0994. The maximum atomic E-state index is 12.3. The van der Waals surface area contributed by atoms with Crippen LogP contribution < -0.4 is 5.32 Å². The number of nitrogens with one attached hydrogen (secondary N) is 1. The van der Waals surface area contributed by atoms with E-state index in [1.54, 1.807) is 11.3 Å². The number of carbonyl (C=O) groups is 1. The van der Waals surface area contributed by atoms with E-state index in [1.165, 1.54) is 4.88 Å². The highest BCUT2D eigenvalue weighted by molar-refractivity contribution is 7.09. The van der Waals surface area contributed by atoms with Gasteiger partial charge in [-0.05, 0) is 44.3 Å². The zero-order valence-electron chi connectivity index (χ0n) is 14.2. The number of amides is 1. The molecule has 0 unspecified atom stereocenters. The lowest BCUT2D eigenvalue weighted by Crippen LogP contribution is -2.41. The summed E-state index contributed by atoms with van der Waals surface area (Å²) in [4.78, 5) is 20.2. The third-order valence-electron chi connectivity index (χ3n) is 4.62. The summed E-state index contributed by atoms with van der Waals surface area (Å²) in [5, 5.41) is 9.05. The van der Waals surface area contributed by atoms with Crippen molar-refractivity contribution in [3.05, 3.63) is 34.1 Å². The van der Waals surface area contributed by atoms with Crippen molar-refractivity contribution < 1.29 is 9.32 Å². The van der Waals surface area contributed by atoms with Crippen molar-refractivity contribution in [3.8, 4) is 0 Å². The number of aryl methyl sites for hydroxylation is 1. The fourth-order valence-corrected chi connectivity index (χ4v) is 3.66. The second kappa shape index (κ2) is 7.90. The highest BCUT2D eigenvalue weighted by atomic mass is 32.1. The minimum atomic E-state index is 0.0994. The lowest BCUT2D eigenvalue weighted by Gasteiger charge is -2.33. The van der Waals surface area contributed by atoms with E-state index in [1.807, 2.05) is 24.4 Å². The van der Waals surface area contributed by atoms with E-state index < -0.39 is 0 Å². The SMILES string of the molecule is CCc1noc([C@H](C)N2CCC(C(=O)NCc3cccs3)CC2)n1. The molecule has 1 N–H and O–H groups in total. The first-order chi connectivity index (χ1) is 11.7. The summed E-state index contributed by atoms with van der Waals surface area (Å²) in [5.41, 5.74) is 0. The summed E-state index contributed by atoms with van der Waals surface area (Å²) in [7, 11) is 0. The van der Waals surface area contributed by atoms with Gasteiger partial charge in [0.2, 0.25) is 11.8 Å². The molecule has 1 aliphatic rings. The van der Waals surface area contributed by atoms with E-state index in [0.717, 1.165) is 38.2 Å². The van der Waals surface area contributed by atoms with Gasteiger partial charge in [-0.2, -0.15) is 4.98 Å². The summed E-state index contributed by atoms with van der Waals surface area (Å²) in [5.74, 6) is 1.69. The van der Waals surface area contributed by atoms with Gasteiger partial charge in [0.15, 0.2) is 5.82 Å². The average molecular weight is 348 g/mol. The monoisotopic (exact) mass is 348 g/mol. The number of thiophene rings is 1. The molecule has 0 bridgehead atoms. The number of likely N-dealkylation sites (tertiary alicyclic amines) is 1. The van der Waals surface area contributed by atoms with Gasteiger partial charge in [-0.1, -0.05) is 18.1 Å². The molecule has 0 aliphatic carbocycles. The number of aromatic nitrogens is 2. The Morgan fingerprint density at radius 3 is 2.92 bits per heavy atom. The first kappa shape index (κ1) is 17.1. The van der Waals surface area contributed by atoms with Crippen molar-refractivity contribution in [2.45, 2.75) is 45.7 Å². The third kappa shape index (κ3) is 4.02. The Kier molecular flexibility index (Phi) is 5.63. The Labute approximate surface area is 146 Å². The van der Waals surface area contributed by atoms with Crippen LogP contribution in [0, 0.1) is 5.92 Å². The summed E-state index contributed by atoms with van der Waals surface area (Å²) in [6.45, 7) is 6.49. The Bertz CT molecular complexity index is 647. The molecule has 6 nitrogen and oxygen atoms in total. The van der Waals surface area contributed by atoms with Crippen LogP contribution in [0.1, 0.15) is 49.3 Å². The molecule has 1 amide bonds. The number of carbonyl (C=O) groups excluding carboxylic acids is 1. The Hall–Kier alpha value is -1.73. The van der Waals surface area contributed by atoms with Gasteiger partial charge in [0.05, 0.1) is 12.6 Å². The standard InChI is InChI=1S/C17H24N4O2S/c1-3-15-19-17(23-20-15)12(2)21-8-6-13(7-9-21)16(22)18-11-14-5-4-10-24-14/h4-5,10,12-13H,3,6-9,11H2,1-2H3,(H,18,22)/t12-/m0/s1. The number of hydrogen-bond donors (Lipinski definition) is 1. The zero-order valence-corrected chi connectivity index (χ0v) is 15.0. The van der Waals surface area contributed by atoms with Gasteiger partial charge in [0.25, 0.3) is 0 Å². The predicted octanol–water partition coefficient (Wildman–Crippen LogP) is 2.78. The quantitative estimate of drug-likeness (QED) is 0.869. The van der Waals surface area contributed by atoms with E-state index in [2.05, 4.69) is 27.3 Å². The molecule has 1 aliphatic heterocycles. The summed E-state index contributed by atoms with van der Waals surface area (Å²) in [6, 6.07) is 4.16. The molecule has 0 radical (unpaired) electrons. The zero-order chi connectivity index (χ0) is 16.9. The average Bonchev–Trinajstić information content (AvgIpc) is 3.30. The molecule has 0 aromatic carbocycles. The highest BCUT2D eigenvalue weighted by Gasteiger charge is 2.29. The third-order valence-corrected chi connectivity index (χ3v) is 5.50. The first-order valence-electron chi connectivity index (χ1n) is 8.54. The van der Waals surface area contributed by atoms with Crippen molar-refractivity contribution in [1.29, 1.82) is 0 Å². The van der Waals surface area contributed by atoms with Gasteiger partial charge >= 0.3 is 0 Å². The van der Waals surface area contributed by atoms with E-state index in [0.29, 0.717) is 12.4 Å². The fraction of sp³-hybridized carbons (Fsp3) is 0.588. The summed E-state index contributed by atoms with van der Waals surface area (Å²) >= 11 is 1.67. The van der Waals surface area contributed by atoms with E-state index in [9.17, 15) is 4.79 Å². The maximum Gasteiger partial charge on any atom is 0.243 e. The van der Waals surface area contributed by atoms with Crippen LogP contribution in [0.2, 0.25) is 0 Å². The molecule has 130 valence electrons. The lowest BCUT2D eigenvalue weighted by molar-refractivity contribution is -0.126. The molecule has 1 saturated heterocycles. The molecule has 0 saturated carbocycles. The van der Waals surface area contributed by atoms with Crippen LogP contribution in [0.25, 0.3) is 0 Å². The summed E-state index contributed by atoms with van der Waals surface area (Å²) < 4.78 is 5.34. The molecular weight excluding hydrogens is 324 g/mol. The molecule has 0 spiro atoms. The van der Waals surface area contributed by atoms with Gasteiger partial charge in [-0.3, -0.25) is 9.69 Å². The van der Waals surface area contributed by atoms with Gasteiger partial charge in [-0.15, -0.1) is 11.3 Å². The molecule has 2 aromatic rings. The van der Waals surface area contributed by atoms with Crippen LogP contribution >= 0.6 is 11.3 Å². The van der Waals surface area contributed by atoms with Crippen LogP contribution in [0.15, 0.2) is 22.0 Å². The molecule has 7 heteroatoms. The molecular formula is C17H24N4O2S. The maximum absolute atomic E-state index is 12.3. The predicted molar refractivity (Wildman–Crippen MR) is 92.6 cm³/mol. The number of hydrogen-bond acceptors (Lipinski definition) is 6. The van der Waals surface area contributed by atoms with Crippen LogP contribution in [-0.4, -0.2) is 34.0 Å². The van der Waals surface area contributed by atoms with E-state index in [-0.39, 0.29) is 17.9 Å². The van der Waals surface area contributed by atoms with Gasteiger partial charge in [0.1, 0.15) is 0 Å². The van der Waals surface area contributed by atoms with Crippen molar-refractivity contribution in [2.24, 2.45) is 5.92 Å². The van der Waals surface area contributed by atoms with E-state index >= 15 is 0 Å². The number of nitrogens with zero attached hydrogens (tertiary/aromatic N) is 3. The van der Waals surface area contributed by atoms with Gasteiger partial charge in [0, 0.05) is 17.2 Å². The van der Waals surface area contributed by atoms with Crippen molar-refractivity contribution in [3.63, 3.8) is 0 Å². The largest absolute Gasteiger partial charge is 0.351 e. The van der Waals surface area contributed by atoms with Crippen molar-refractivity contribution in [1.82, 2.24) is 20.4 Å². The van der Waals surface area contributed by atoms with Crippen LogP contribution in [0.5, 0.6) is 0 Å².